The van der Waals surface area contributed by atoms with Crippen molar-refractivity contribution in [1.29, 1.82) is 0 Å². The second-order valence-corrected chi connectivity index (χ2v) is 8.87. The zero-order valence-corrected chi connectivity index (χ0v) is 18.7. The predicted octanol–water partition coefficient (Wildman–Crippen LogP) is 4.82. The maximum atomic E-state index is 13.1. The fourth-order valence-electron chi connectivity index (χ4n) is 3.32. The molecule has 3 heterocycles. The van der Waals surface area contributed by atoms with Gasteiger partial charge in [-0.3, -0.25) is 19.8 Å². The normalized spacial score (nSPS) is 10.8. The third-order valence-corrected chi connectivity index (χ3v) is 6.71. The Hall–Kier alpha value is -4.08. The summed E-state index contributed by atoms with van der Waals surface area (Å²) in [5, 5.41) is 6.96. The monoisotopic (exact) mass is 472 g/mol. The highest BCUT2D eigenvalue weighted by atomic mass is 32.1. The molecule has 0 saturated heterocycles. The summed E-state index contributed by atoms with van der Waals surface area (Å²) in [7, 11) is 0. The Bertz CT molecular complexity index is 1510. The topological polar surface area (TPSA) is 93.1 Å². The minimum Gasteiger partial charge on any atom is -0.321 e. The molecule has 0 saturated carbocycles. The zero-order chi connectivity index (χ0) is 22.8. The van der Waals surface area contributed by atoms with Crippen LogP contribution in [0.1, 0.15) is 20.0 Å². The van der Waals surface area contributed by atoms with E-state index in [1.165, 1.54) is 29.0 Å². The standard InChI is InChI=1S/C24H16N4O3S2/c29-21(16-8-10-17(11-9-16)26-22(30)19-7-4-12-32-19)27-28-14-25-23-20(24(28)31)18(13-33-23)15-5-2-1-3-6-15/h1-14H,(H,26,30)(H,27,29). The van der Waals surface area contributed by atoms with Crippen LogP contribution in [0.15, 0.2) is 88.6 Å². The first-order chi connectivity index (χ1) is 16.1. The number of carbonyl (C=O) groups is 2. The van der Waals surface area contributed by atoms with Crippen molar-refractivity contribution in [2.45, 2.75) is 0 Å². The van der Waals surface area contributed by atoms with E-state index in [1.807, 2.05) is 41.1 Å². The van der Waals surface area contributed by atoms with Crippen LogP contribution in [0, 0.1) is 0 Å². The van der Waals surface area contributed by atoms with Crippen molar-refractivity contribution in [2.24, 2.45) is 0 Å². The second kappa shape index (κ2) is 8.81. The first kappa shape index (κ1) is 20.8. The smallest absolute Gasteiger partial charge is 0.281 e. The Morgan fingerprint density at radius 2 is 1.67 bits per heavy atom. The lowest BCUT2D eigenvalue weighted by Gasteiger charge is -2.09. The van der Waals surface area contributed by atoms with Crippen molar-refractivity contribution in [2.75, 3.05) is 10.7 Å². The van der Waals surface area contributed by atoms with Gasteiger partial charge in [0.05, 0.1) is 10.3 Å². The first-order valence-corrected chi connectivity index (χ1v) is 11.7. The van der Waals surface area contributed by atoms with Gasteiger partial charge in [0.25, 0.3) is 17.4 Å². The van der Waals surface area contributed by atoms with Crippen LogP contribution in [0.3, 0.4) is 0 Å². The summed E-state index contributed by atoms with van der Waals surface area (Å²) in [6.45, 7) is 0. The molecule has 9 heteroatoms. The molecule has 0 aliphatic heterocycles. The van der Waals surface area contributed by atoms with Gasteiger partial charge in [0.1, 0.15) is 11.2 Å². The summed E-state index contributed by atoms with van der Waals surface area (Å²) in [5.41, 5.74) is 4.83. The van der Waals surface area contributed by atoms with Gasteiger partial charge in [-0.15, -0.1) is 22.7 Å². The average molecular weight is 473 g/mol. The molecule has 2 N–H and O–H groups in total. The largest absolute Gasteiger partial charge is 0.321 e. The van der Waals surface area contributed by atoms with E-state index >= 15 is 0 Å². The molecule has 0 aliphatic rings. The maximum absolute atomic E-state index is 13.1. The number of carbonyl (C=O) groups excluding carboxylic acids is 2. The minimum absolute atomic E-state index is 0.210. The van der Waals surface area contributed by atoms with Gasteiger partial charge in [-0.2, -0.15) is 0 Å². The summed E-state index contributed by atoms with van der Waals surface area (Å²) in [4.78, 5) is 43.5. The van der Waals surface area contributed by atoms with E-state index in [-0.39, 0.29) is 11.5 Å². The number of nitrogens with zero attached hydrogens (tertiary/aromatic N) is 2. The van der Waals surface area contributed by atoms with Gasteiger partial charge in [-0.1, -0.05) is 36.4 Å². The molecule has 0 radical (unpaired) electrons. The molecule has 162 valence electrons. The lowest BCUT2D eigenvalue weighted by molar-refractivity contribution is 0.100. The molecule has 3 aromatic heterocycles. The highest BCUT2D eigenvalue weighted by molar-refractivity contribution is 7.17. The van der Waals surface area contributed by atoms with Crippen LogP contribution < -0.4 is 16.3 Å². The number of aromatic nitrogens is 2. The summed E-state index contributed by atoms with van der Waals surface area (Å²) < 4.78 is 1.09. The molecule has 0 bridgehead atoms. The molecule has 0 atom stereocenters. The van der Waals surface area contributed by atoms with Crippen LogP contribution in [0.25, 0.3) is 21.3 Å². The van der Waals surface area contributed by atoms with Gasteiger partial charge in [-0.25, -0.2) is 9.66 Å². The summed E-state index contributed by atoms with van der Waals surface area (Å²) in [6.07, 6.45) is 1.31. The van der Waals surface area contributed by atoms with Gasteiger partial charge in [0.2, 0.25) is 0 Å². The number of fused-ring (bicyclic) bond motifs is 1. The second-order valence-electron chi connectivity index (χ2n) is 7.06. The van der Waals surface area contributed by atoms with E-state index < -0.39 is 5.91 Å². The fourth-order valence-corrected chi connectivity index (χ4v) is 4.85. The van der Waals surface area contributed by atoms with Crippen LogP contribution >= 0.6 is 22.7 Å². The third kappa shape index (κ3) is 4.19. The third-order valence-electron chi connectivity index (χ3n) is 4.95. The lowest BCUT2D eigenvalue weighted by Crippen LogP contribution is -2.33. The molecule has 2 amide bonds. The van der Waals surface area contributed by atoms with Crippen molar-refractivity contribution in [3.05, 3.63) is 105 Å². The number of anilines is 1. The first-order valence-electron chi connectivity index (χ1n) is 9.91. The van der Waals surface area contributed by atoms with Crippen molar-refractivity contribution < 1.29 is 9.59 Å². The zero-order valence-electron chi connectivity index (χ0n) is 17.0. The molecule has 5 rings (SSSR count). The van der Waals surface area contributed by atoms with Gasteiger partial charge in [0, 0.05) is 22.2 Å². The van der Waals surface area contributed by atoms with Gasteiger partial charge in [-0.05, 0) is 41.3 Å². The van der Waals surface area contributed by atoms with E-state index in [0.29, 0.717) is 26.3 Å². The van der Waals surface area contributed by atoms with E-state index in [4.69, 9.17) is 0 Å². The number of hydrogen-bond acceptors (Lipinski definition) is 6. The Kier molecular flexibility index (Phi) is 5.55. The van der Waals surface area contributed by atoms with E-state index in [9.17, 15) is 14.4 Å². The molecule has 0 aliphatic carbocycles. The van der Waals surface area contributed by atoms with Crippen LogP contribution in [0.2, 0.25) is 0 Å². The maximum Gasteiger partial charge on any atom is 0.281 e. The summed E-state index contributed by atoms with van der Waals surface area (Å²) in [5.74, 6) is -0.677. The highest BCUT2D eigenvalue weighted by Crippen LogP contribution is 2.30. The average Bonchev–Trinajstić information content (AvgIpc) is 3.53. The van der Waals surface area contributed by atoms with Crippen LogP contribution in [0.4, 0.5) is 5.69 Å². The molecule has 0 fully saturated rings. The van der Waals surface area contributed by atoms with Crippen LogP contribution in [-0.2, 0) is 0 Å². The van der Waals surface area contributed by atoms with Gasteiger partial charge >= 0.3 is 0 Å². The van der Waals surface area contributed by atoms with Gasteiger partial charge in [0.15, 0.2) is 0 Å². The Morgan fingerprint density at radius 1 is 0.879 bits per heavy atom. The fraction of sp³-hybridized carbons (Fsp3) is 0. The van der Waals surface area contributed by atoms with Gasteiger partial charge < -0.3 is 5.32 Å². The number of thiophene rings is 2. The summed E-state index contributed by atoms with van der Waals surface area (Å²) >= 11 is 2.73. The lowest BCUT2D eigenvalue weighted by atomic mass is 10.1. The molecule has 2 aromatic carbocycles. The number of rotatable bonds is 5. The SMILES string of the molecule is O=C(Nn1cnc2scc(-c3ccccc3)c2c1=O)c1ccc(NC(=O)c2cccs2)cc1. The quantitative estimate of drug-likeness (QED) is 0.383. The Labute approximate surface area is 195 Å². The van der Waals surface area contributed by atoms with Crippen LogP contribution in [0.5, 0.6) is 0 Å². The van der Waals surface area contributed by atoms with E-state index in [0.717, 1.165) is 15.8 Å². The Morgan fingerprint density at radius 3 is 2.39 bits per heavy atom. The van der Waals surface area contributed by atoms with Crippen molar-refractivity contribution >= 4 is 50.4 Å². The molecule has 33 heavy (non-hydrogen) atoms. The Balaban J connectivity index is 1.36. The number of amides is 2. The summed E-state index contributed by atoms with van der Waals surface area (Å²) in [6, 6.07) is 19.5. The molecular formula is C24H16N4O3S2. The number of nitrogens with one attached hydrogen (secondary N) is 2. The van der Waals surface area contributed by atoms with Crippen molar-refractivity contribution in [3.8, 4) is 11.1 Å². The highest BCUT2D eigenvalue weighted by Gasteiger charge is 2.15. The van der Waals surface area contributed by atoms with Crippen molar-refractivity contribution in [1.82, 2.24) is 9.66 Å². The molecule has 5 aromatic rings. The van der Waals surface area contributed by atoms with E-state index in [1.54, 1.807) is 36.4 Å². The number of hydrogen-bond donors (Lipinski definition) is 2. The van der Waals surface area contributed by atoms with Crippen LogP contribution in [-0.4, -0.2) is 21.5 Å². The predicted molar refractivity (Wildman–Crippen MR) is 132 cm³/mol. The molecular weight excluding hydrogens is 456 g/mol. The molecule has 0 spiro atoms. The minimum atomic E-state index is -0.467. The van der Waals surface area contributed by atoms with Crippen molar-refractivity contribution in [3.63, 3.8) is 0 Å². The molecule has 0 unspecified atom stereocenters. The number of benzene rings is 2. The van der Waals surface area contributed by atoms with E-state index in [2.05, 4.69) is 15.7 Å². The molecule has 7 nitrogen and oxygen atoms in total.